The van der Waals surface area contributed by atoms with Crippen LogP contribution in [-0.4, -0.2) is 6.71 Å². The lowest BCUT2D eigenvalue weighted by atomic mass is 9.33. The summed E-state index contributed by atoms with van der Waals surface area (Å²) in [5.74, 6) is 0. The van der Waals surface area contributed by atoms with Crippen LogP contribution >= 0.6 is 0 Å². The quantitative estimate of drug-likeness (QED) is 0.159. The number of anilines is 9. The first-order valence-electron chi connectivity index (χ1n) is 19.3. The first kappa shape index (κ1) is 32.2. The van der Waals surface area contributed by atoms with Crippen molar-refractivity contribution in [1.29, 1.82) is 0 Å². The maximum Gasteiger partial charge on any atom is 0.252 e. The summed E-state index contributed by atoms with van der Waals surface area (Å²) in [6, 6.07) is 79.6. The van der Waals surface area contributed by atoms with Crippen LogP contribution in [0.4, 0.5) is 51.2 Å². The lowest BCUT2D eigenvalue weighted by molar-refractivity contribution is 1.23. The molecule has 0 aliphatic carbocycles. The molecule has 0 radical (unpaired) electrons. The number of para-hydroxylation sites is 5. The van der Waals surface area contributed by atoms with Crippen molar-refractivity contribution in [2.45, 2.75) is 0 Å². The molecule has 11 rings (SSSR count). The van der Waals surface area contributed by atoms with Crippen LogP contribution in [0.3, 0.4) is 0 Å². The van der Waals surface area contributed by atoms with Gasteiger partial charge in [-0.2, -0.15) is 0 Å². The van der Waals surface area contributed by atoms with E-state index in [1.165, 1.54) is 61.0 Å². The normalized spacial score (nSPS) is 12.5. The molecule has 262 valence electrons. The minimum atomic E-state index is 0.0482. The third-order valence-electron chi connectivity index (χ3n) is 11.4. The number of hydrogen-bond acceptors (Lipinski definition) is 3. The van der Waals surface area contributed by atoms with Crippen LogP contribution in [0, 0.1) is 0 Å². The van der Waals surface area contributed by atoms with Crippen molar-refractivity contribution in [1.82, 2.24) is 0 Å². The van der Waals surface area contributed by atoms with Gasteiger partial charge in [0.15, 0.2) is 0 Å². The van der Waals surface area contributed by atoms with Gasteiger partial charge in [-0.15, -0.1) is 0 Å². The van der Waals surface area contributed by atoms with Crippen LogP contribution < -0.4 is 31.1 Å². The average Bonchev–Trinajstić information content (AvgIpc) is 3.27. The van der Waals surface area contributed by atoms with E-state index in [9.17, 15) is 0 Å². The Kier molecular flexibility index (Phi) is 7.60. The Balaban J connectivity index is 1.27. The summed E-state index contributed by atoms with van der Waals surface area (Å²) in [4.78, 5) is 7.42. The van der Waals surface area contributed by atoms with E-state index in [0.717, 1.165) is 28.4 Å². The number of nitrogens with zero attached hydrogens (tertiary/aromatic N) is 3. The molecule has 9 aromatic rings. The standard InChI is InChI=1S/C52H36BN3/c1-5-19-37(20-6-1)44-33-38-21-13-14-22-39(38)34-49(44)54(40-23-7-2-8-24-40)43-35-50-52-51(36-43)56(42-27-11-4-12-28-42)48-32-18-16-30-46(48)53(52)45-29-15-17-31-47(45)55(50)41-25-9-3-10-26-41/h1-36H. The fourth-order valence-electron chi connectivity index (χ4n) is 8.99. The van der Waals surface area contributed by atoms with E-state index in [-0.39, 0.29) is 6.71 Å². The summed E-state index contributed by atoms with van der Waals surface area (Å²) in [6.07, 6.45) is 0. The van der Waals surface area contributed by atoms with Crippen LogP contribution in [0.1, 0.15) is 0 Å². The summed E-state index contributed by atoms with van der Waals surface area (Å²) in [5, 5.41) is 2.41. The molecule has 56 heavy (non-hydrogen) atoms. The highest BCUT2D eigenvalue weighted by molar-refractivity contribution is 7.00. The van der Waals surface area contributed by atoms with Crippen LogP contribution in [0.25, 0.3) is 21.9 Å². The molecular formula is C52H36BN3. The largest absolute Gasteiger partial charge is 0.311 e. The highest BCUT2D eigenvalue weighted by atomic mass is 15.2. The number of hydrogen-bond donors (Lipinski definition) is 0. The zero-order valence-electron chi connectivity index (χ0n) is 30.7. The molecule has 0 N–H and O–H groups in total. The molecule has 0 bridgehead atoms. The van der Waals surface area contributed by atoms with E-state index in [4.69, 9.17) is 0 Å². The highest BCUT2D eigenvalue weighted by Gasteiger charge is 2.43. The van der Waals surface area contributed by atoms with Gasteiger partial charge in [-0.05, 0) is 106 Å². The minimum Gasteiger partial charge on any atom is -0.311 e. The van der Waals surface area contributed by atoms with Crippen LogP contribution in [0.15, 0.2) is 218 Å². The number of benzene rings is 9. The van der Waals surface area contributed by atoms with Crippen molar-refractivity contribution >= 4 is 85.1 Å². The first-order chi connectivity index (χ1) is 27.8. The molecular weight excluding hydrogens is 677 g/mol. The Hall–Kier alpha value is -7.30. The van der Waals surface area contributed by atoms with Gasteiger partial charge < -0.3 is 14.7 Å². The Morgan fingerprint density at radius 3 is 1.36 bits per heavy atom. The molecule has 0 unspecified atom stereocenters. The number of rotatable bonds is 6. The lowest BCUT2D eigenvalue weighted by Gasteiger charge is -2.45. The fraction of sp³-hybridized carbons (Fsp3) is 0. The summed E-state index contributed by atoms with van der Waals surface area (Å²) >= 11 is 0. The van der Waals surface area contributed by atoms with E-state index in [0.29, 0.717) is 0 Å². The van der Waals surface area contributed by atoms with Crippen molar-refractivity contribution in [3.63, 3.8) is 0 Å². The molecule has 0 spiro atoms. The van der Waals surface area contributed by atoms with E-state index < -0.39 is 0 Å². The fourth-order valence-corrected chi connectivity index (χ4v) is 8.99. The zero-order valence-corrected chi connectivity index (χ0v) is 30.7. The van der Waals surface area contributed by atoms with Crippen molar-refractivity contribution in [3.8, 4) is 11.1 Å². The Morgan fingerprint density at radius 2 is 0.804 bits per heavy atom. The van der Waals surface area contributed by atoms with E-state index in [2.05, 4.69) is 233 Å². The van der Waals surface area contributed by atoms with Gasteiger partial charge in [-0.25, -0.2) is 0 Å². The van der Waals surface area contributed by atoms with Crippen LogP contribution in [-0.2, 0) is 0 Å². The Bertz CT molecular complexity index is 2770. The molecule has 0 saturated heterocycles. The second-order valence-electron chi connectivity index (χ2n) is 14.5. The van der Waals surface area contributed by atoms with Gasteiger partial charge in [0, 0.05) is 45.4 Å². The third-order valence-corrected chi connectivity index (χ3v) is 11.4. The van der Waals surface area contributed by atoms with E-state index in [1.807, 2.05) is 0 Å². The molecule has 2 heterocycles. The third kappa shape index (κ3) is 5.15. The minimum absolute atomic E-state index is 0.0482. The molecule has 0 fully saturated rings. The number of fused-ring (bicyclic) bond motifs is 5. The van der Waals surface area contributed by atoms with Gasteiger partial charge in [0.05, 0.1) is 11.4 Å². The summed E-state index contributed by atoms with van der Waals surface area (Å²) in [7, 11) is 0. The van der Waals surface area contributed by atoms with Gasteiger partial charge in [-0.1, -0.05) is 146 Å². The monoisotopic (exact) mass is 713 g/mol. The topological polar surface area (TPSA) is 9.72 Å². The van der Waals surface area contributed by atoms with Gasteiger partial charge >= 0.3 is 0 Å². The van der Waals surface area contributed by atoms with Gasteiger partial charge in [0.1, 0.15) is 0 Å². The predicted molar refractivity (Wildman–Crippen MR) is 238 cm³/mol. The molecule has 0 aromatic heterocycles. The molecule has 2 aliphatic rings. The summed E-state index contributed by atoms with van der Waals surface area (Å²) < 4.78 is 0. The van der Waals surface area contributed by atoms with Crippen molar-refractivity contribution < 1.29 is 0 Å². The molecule has 2 aliphatic heterocycles. The SMILES string of the molecule is c1ccc(-c2cc3ccccc3cc2N(c2ccccc2)c2cc3c4c(c2)N(c2ccccc2)c2ccccc2B4c2ccccc2N3c2ccccc2)cc1. The van der Waals surface area contributed by atoms with Gasteiger partial charge in [0.25, 0.3) is 6.71 Å². The van der Waals surface area contributed by atoms with E-state index >= 15 is 0 Å². The second kappa shape index (κ2) is 13.2. The second-order valence-corrected chi connectivity index (χ2v) is 14.5. The van der Waals surface area contributed by atoms with E-state index in [1.54, 1.807) is 0 Å². The van der Waals surface area contributed by atoms with Crippen molar-refractivity contribution in [3.05, 3.63) is 218 Å². The van der Waals surface area contributed by atoms with Gasteiger partial charge in [0.2, 0.25) is 0 Å². The summed E-state index contributed by atoms with van der Waals surface area (Å²) in [6.45, 7) is 0.0482. The molecule has 9 aromatic carbocycles. The molecule has 4 heteroatoms. The predicted octanol–water partition coefficient (Wildman–Crippen LogP) is 12.1. The Labute approximate surface area is 328 Å². The maximum atomic E-state index is 2.48. The molecule has 0 atom stereocenters. The average molecular weight is 714 g/mol. The van der Waals surface area contributed by atoms with Crippen molar-refractivity contribution in [2.75, 3.05) is 14.7 Å². The highest BCUT2D eigenvalue weighted by Crippen LogP contribution is 2.49. The lowest BCUT2D eigenvalue weighted by Crippen LogP contribution is -2.61. The molecule has 0 amide bonds. The van der Waals surface area contributed by atoms with Gasteiger partial charge in [-0.3, -0.25) is 0 Å². The molecule has 3 nitrogen and oxygen atoms in total. The van der Waals surface area contributed by atoms with Crippen molar-refractivity contribution in [2.24, 2.45) is 0 Å². The zero-order chi connectivity index (χ0) is 37.0. The first-order valence-corrected chi connectivity index (χ1v) is 19.3. The van der Waals surface area contributed by atoms with Crippen LogP contribution in [0.2, 0.25) is 0 Å². The maximum absolute atomic E-state index is 2.48. The molecule has 0 saturated carbocycles. The smallest absolute Gasteiger partial charge is 0.252 e. The summed E-state index contributed by atoms with van der Waals surface area (Å²) in [5.41, 5.74) is 16.5. The van der Waals surface area contributed by atoms with Crippen LogP contribution in [0.5, 0.6) is 0 Å². The Morgan fingerprint density at radius 1 is 0.357 bits per heavy atom.